The first-order chi connectivity index (χ1) is 12.3. The zero-order chi connectivity index (χ0) is 19.4. The second-order valence-corrected chi connectivity index (χ2v) is 5.96. The molecule has 0 aliphatic heterocycles. The fourth-order valence-corrected chi connectivity index (χ4v) is 2.99. The van der Waals surface area contributed by atoms with Crippen molar-refractivity contribution in [1.82, 2.24) is 4.98 Å². The van der Waals surface area contributed by atoms with Gasteiger partial charge in [0.2, 0.25) is 0 Å². The number of aryl methyl sites for hydroxylation is 1. The van der Waals surface area contributed by atoms with E-state index in [4.69, 9.17) is 9.84 Å². The third kappa shape index (κ3) is 3.77. The lowest BCUT2D eigenvalue weighted by molar-refractivity contribution is 0.0693. The van der Waals surface area contributed by atoms with Crippen LogP contribution in [0.4, 0.5) is 5.69 Å². The summed E-state index contributed by atoms with van der Waals surface area (Å²) >= 11 is 0. The number of nitrogens with one attached hydrogen (secondary N) is 2. The molecule has 7 heteroatoms. The Kier molecular flexibility index (Phi) is 5.82. The highest BCUT2D eigenvalue weighted by molar-refractivity contribution is 6.08. The molecule has 0 radical (unpaired) electrons. The summed E-state index contributed by atoms with van der Waals surface area (Å²) in [6, 6.07) is 4.30. The summed E-state index contributed by atoms with van der Waals surface area (Å²) in [6.45, 7) is 5.22. The Morgan fingerprint density at radius 1 is 1.27 bits per heavy atom. The van der Waals surface area contributed by atoms with Gasteiger partial charge in [0, 0.05) is 23.0 Å². The number of carbonyl (C=O) groups excluding carboxylic acids is 2. The number of hydrogen-bond donors (Lipinski definition) is 3. The zero-order valence-electron chi connectivity index (χ0n) is 15.2. The summed E-state index contributed by atoms with van der Waals surface area (Å²) in [5.41, 5.74) is 2.66. The van der Waals surface area contributed by atoms with Gasteiger partial charge in [0.05, 0.1) is 7.11 Å². The van der Waals surface area contributed by atoms with Crippen LogP contribution in [-0.2, 0) is 6.42 Å². The molecule has 0 aliphatic carbocycles. The molecule has 1 aromatic carbocycles. The van der Waals surface area contributed by atoms with Gasteiger partial charge in [-0.3, -0.25) is 9.59 Å². The number of amides is 1. The van der Waals surface area contributed by atoms with Gasteiger partial charge in [0.25, 0.3) is 5.91 Å². The minimum absolute atomic E-state index is 0.00625. The molecular weight excluding hydrogens is 336 g/mol. The number of anilines is 1. The molecule has 0 unspecified atom stereocenters. The monoisotopic (exact) mass is 358 g/mol. The molecular formula is C19H22N2O5. The van der Waals surface area contributed by atoms with E-state index < -0.39 is 11.9 Å². The molecule has 7 nitrogen and oxygen atoms in total. The van der Waals surface area contributed by atoms with Crippen LogP contribution in [0, 0.1) is 6.92 Å². The van der Waals surface area contributed by atoms with Crippen molar-refractivity contribution in [2.75, 3.05) is 12.4 Å². The van der Waals surface area contributed by atoms with Gasteiger partial charge in [0.1, 0.15) is 17.0 Å². The number of carbonyl (C=O) groups is 3. The highest BCUT2D eigenvalue weighted by atomic mass is 16.5. The molecule has 2 aromatic rings. The third-order valence-corrected chi connectivity index (χ3v) is 4.06. The molecule has 1 heterocycles. The van der Waals surface area contributed by atoms with Crippen LogP contribution in [0.15, 0.2) is 18.2 Å². The Labute approximate surface area is 151 Å². The molecule has 0 fully saturated rings. The van der Waals surface area contributed by atoms with Gasteiger partial charge in [-0.2, -0.15) is 0 Å². The van der Waals surface area contributed by atoms with Crippen molar-refractivity contribution in [3.8, 4) is 5.75 Å². The molecule has 0 spiro atoms. The molecule has 0 saturated carbocycles. The van der Waals surface area contributed by atoms with E-state index in [9.17, 15) is 14.4 Å². The number of methoxy groups -OCH3 is 1. The summed E-state index contributed by atoms with van der Waals surface area (Å²) in [5, 5.41) is 11.8. The minimum Gasteiger partial charge on any atom is -0.496 e. The number of H-pyrrole nitrogens is 1. The van der Waals surface area contributed by atoms with E-state index in [1.54, 1.807) is 6.92 Å². The first-order valence-electron chi connectivity index (χ1n) is 8.25. The molecule has 0 bridgehead atoms. The van der Waals surface area contributed by atoms with E-state index in [-0.39, 0.29) is 17.1 Å². The maximum Gasteiger partial charge on any atom is 0.339 e. The number of carboxylic acids is 1. The van der Waals surface area contributed by atoms with Gasteiger partial charge in [-0.25, -0.2) is 4.79 Å². The number of rotatable bonds is 7. The number of ketones is 1. The topological polar surface area (TPSA) is 108 Å². The summed E-state index contributed by atoms with van der Waals surface area (Å²) < 4.78 is 5.07. The Bertz CT molecular complexity index is 867. The van der Waals surface area contributed by atoms with Crippen molar-refractivity contribution < 1.29 is 24.2 Å². The SMILES string of the molecule is CCCc1c(C(=O)Nc2ccc(C(=O)O)c(OC)c2)[nH]c(C)c1C(C)=O. The number of ether oxygens (including phenoxy) is 1. The lowest BCUT2D eigenvalue weighted by Gasteiger charge is -2.10. The average Bonchev–Trinajstić information content (AvgIpc) is 2.91. The van der Waals surface area contributed by atoms with Crippen molar-refractivity contribution in [1.29, 1.82) is 0 Å². The standard InChI is InChI=1S/C19H22N2O5/c1-5-6-14-16(11(3)22)10(2)20-17(14)18(23)21-12-7-8-13(19(24)25)15(9-12)26-4/h7-9,20H,5-6H2,1-4H3,(H,21,23)(H,24,25). The van der Waals surface area contributed by atoms with Crippen molar-refractivity contribution in [2.45, 2.75) is 33.6 Å². The van der Waals surface area contributed by atoms with Crippen molar-refractivity contribution >= 4 is 23.3 Å². The molecule has 1 amide bonds. The predicted molar refractivity (Wildman–Crippen MR) is 97.4 cm³/mol. The average molecular weight is 358 g/mol. The normalized spacial score (nSPS) is 10.5. The molecule has 3 N–H and O–H groups in total. The van der Waals surface area contributed by atoms with Crippen molar-refractivity contribution in [2.24, 2.45) is 0 Å². The Balaban J connectivity index is 2.37. The first kappa shape index (κ1) is 19.2. The van der Waals surface area contributed by atoms with Crippen LogP contribution >= 0.6 is 0 Å². The maximum absolute atomic E-state index is 12.7. The lowest BCUT2D eigenvalue weighted by atomic mass is 10.0. The van der Waals surface area contributed by atoms with Gasteiger partial charge in [-0.1, -0.05) is 13.3 Å². The number of aromatic amines is 1. The first-order valence-corrected chi connectivity index (χ1v) is 8.25. The highest BCUT2D eigenvalue weighted by Crippen LogP contribution is 2.25. The number of aromatic carboxylic acids is 1. The molecule has 0 atom stereocenters. The minimum atomic E-state index is -1.11. The number of aromatic nitrogens is 1. The van der Waals surface area contributed by atoms with E-state index in [0.29, 0.717) is 34.6 Å². The van der Waals surface area contributed by atoms with Gasteiger partial charge in [-0.05, 0) is 38.0 Å². The number of benzene rings is 1. The molecule has 0 aliphatic rings. The molecule has 0 saturated heterocycles. The predicted octanol–water partition coefficient (Wildman–Crippen LogP) is 3.44. The lowest BCUT2D eigenvalue weighted by Crippen LogP contribution is -2.15. The molecule has 26 heavy (non-hydrogen) atoms. The maximum atomic E-state index is 12.7. The van der Waals surface area contributed by atoms with Crippen LogP contribution in [0.2, 0.25) is 0 Å². The van der Waals surface area contributed by atoms with E-state index >= 15 is 0 Å². The van der Waals surface area contributed by atoms with Crippen LogP contribution in [0.1, 0.15) is 62.7 Å². The summed E-state index contributed by atoms with van der Waals surface area (Å²) in [4.78, 5) is 38.8. The van der Waals surface area contributed by atoms with E-state index in [1.165, 1.54) is 32.2 Å². The van der Waals surface area contributed by atoms with E-state index in [1.807, 2.05) is 6.92 Å². The molecule has 2 rings (SSSR count). The number of carboxylic acid groups (broad SMARTS) is 1. The van der Waals surface area contributed by atoms with Gasteiger partial charge in [-0.15, -0.1) is 0 Å². The Morgan fingerprint density at radius 3 is 2.50 bits per heavy atom. The summed E-state index contributed by atoms with van der Waals surface area (Å²) in [7, 11) is 1.36. The number of hydrogen-bond acceptors (Lipinski definition) is 4. The van der Waals surface area contributed by atoms with Gasteiger partial charge < -0.3 is 20.1 Å². The summed E-state index contributed by atoms with van der Waals surface area (Å²) in [5.74, 6) is -1.45. The second kappa shape index (κ2) is 7.86. The third-order valence-electron chi connectivity index (χ3n) is 4.06. The molecule has 138 valence electrons. The highest BCUT2D eigenvalue weighted by Gasteiger charge is 2.22. The zero-order valence-corrected chi connectivity index (χ0v) is 15.2. The van der Waals surface area contributed by atoms with E-state index in [0.717, 1.165) is 6.42 Å². The van der Waals surface area contributed by atoms with Crippen molar-refractivity contribution in [3.63, 3.8) is 0 Å². The largest absolute Gasteiger partial charge is 0.496 e. The van der Waals surface area contributed by atoms with Crippen LogP contribution in [0.3, 0.4) is 0 Å². The van der Waals surface area contributed by atoms with Gasteiger partial charge >= 0.3 is 5.97 Å². The van der Waals surface area contributed by atoms with Crippen LogP contribution in [0.5, 0.6) is 5.75 Å². The van der Waals surface area contributed by atoms with Crippen molar-refractivity contribution in [3.05, 3.63) is 46.3 Å². The van der Waals surface area contributed by atoms with E-state index in [2.05, 4.69) is 10.3 Å². The van der Waals surface area contributed by atoms with Gasteiger partial charge in [0.15, 0.2) is 5.78 Å². The quantitative estimate of drug-likeness (QED) is 0.657. The second-order valence-electron chi connectivity index (χ2n) is 5.96. The Morgan fingerprint density at radius 2 is 1.96 bits per heavy atom. The van der Waals surface area contributed by atoms with Crippen LogP contribution in [0.25, 0.3) is 0 Å². The van der Waals surface area contributed by atoms with Crippen LogP contribution < -0.4 is 10.1 Å². The van der Waals surface area contributed by atoms with Crippen LogP contribution in [-0.4, -0.2) is 34.9 Å². The number of Topliss-reactive ketones (excluding diaryl/α,β-unsaturated/α-hetero) is 1. The fourth-order valence-electron chi connectivity index (χ4n) is 2.99. The summed E-state index contributed by atoms with van der Waals surface area (Å²) in [6.07, 6.45) is 1.39. The Hall–Kier alpha value is -3.09. The molecule has 1 aromatic heterocycles. The smallest absolute Gasteiger partial charge is 0.339 e. The fraction of sp³-hybridized carbons (Fsp3) is 0.316.